The number of hydrogen-bond donors (Lipinski definition) is 1. The van der Waals surface area contributed by atoms with Crippen molar-refractivity contribution >= 4 is 11.9 Å². The first-order valence-corrected chi connectivity index (χ1v) is 5.76. The number of carbonyl (C=O) groups is 2. The van der Waals surface area contributed by atoms with Crippen LogP contribution in [0.1, 0.15) is 5.56 Å². The van der Waals surface area contributed by atoms with Crippen molar-refractivity contribution in [1.29, 1.82) is 0 Å². The molecule has 5 heteroatoms. The van der Waals surface area contributed by atoms with E-state index in [1.807, 2.05) is 24.3 Å². The third-order valence-electron chi connectivity index (χ3n) is 3.14. The Morgan fingerprint density at radius 1 is 1.44 bits per heavy atom. The van der Waals surface area contributed by atoms with Crippen LogP contribution in [-0.2, 0) is 16.0 Å². The van der Waals surface area contributed by atoms with E-state index in [2.05, 4.69) is 0 Å². The van der Waals surface area contributed by atoms with Crippen LogP contribution in [0.4, 0.5) is 0 Å². The van der Waals surface area contributed by atoms with E-state index < -0.39 is 11.9 Å². The smallest absolute Gasteiger partial charge is 0.317 e. The van der Waals surface area contributed by atoms with Gasteiger partial charge in [-0.2, -0.15) is 0 Å². The second-order valence-corrected chi connectivity index (χ2v) is 4.27. The van der Waals surface area contributed by atoms with Crippen LogP contribution in [0, 0.1) is 5.92 Å². The molecule has 1 fully saturated rings. The van der Waals surface area contributed by atoms with Crippen LogP contribution in [0.3, 0.4) is 0 Å². The maximum Gasteiger partial charge on any atom is 0.317 e. The quantitative estimate of drug-likeness (QED) is 0.618. The number of carbonyl (C=O) groups excluding carboxylic acids is 1. The second-order valence-electron chi connectivity index (χ2n) is 4.27. The highest BCUT2D eigenvalue weighted by molar-refractivity contribution is 6.01. The van der Waals surface area contributed by atoms with Crippen molar-refractivity contribution in [1.82, 2.24) is 4.90 Å². The Bertz CT molecular complexity index is 455. The van der Waals surface area contributed by atoms with Crippen LogP contribution in [0.25, 0.3) is 0 Å². The van der Waals surface area contributed by atoms with Crippen molar-refractivity contribution in [3.8, 4) is 5.75 Å². The van der Waals surface area contributed by atoms with Gasteiger partial charge in [0.1, 0.15) is 5.75 Å². The van der Waals surface area contributed by atoms with Crippen molar-refractivity contribution in [2.45, 2.75) is 6.42 Å². The number of rotatable bonds is 5. The number of aliphatic carboxylic acids is 1. The summed E-state index contributed by atoms with van der Waals surface area (Å²) in [5.74, 6) is -1.35. The molecule has 0 bridgehead atoms. The van der Waals surface area contributed by atoms with Gasteiger partial charge >= 0.3 is 5.97 Å². The summed E-state index contributed by atoms with van der Waals surface area (Å²) in [6, 6.07) is 7.62. The molecule has 0 aliphatic carbocycles. The lowest BCUT2D eigenvalue weighted by molar-refractivity contribution is -0.161. The molecular formula is C13H15NO4. The van der Waals surface area contributed by atoms with Gasteiger partial charge in [-0.15, -0.1) is 0 Å². The zero-order chi connectivity index (χ0) is 13.1. The van der Waals surface area contributed by atoms with Crippen LogP contribution in [0.15, 0.2) is 24.3 Å². The van der Waals surface area contributed by atoms with Crippen molar-refractivity contribution in [3.63, 3.8) is 0 Å². The summed E-state index contributed by atoms with van der Waals surface area (Å²) in [6.07, 6.45) is 0.724. The molecule has 1 amide bonds. The molecule has 96 valence electrons. The Hall–Kier alpha value is -2.04. The molecule has 18 heavy (non-hydrogen) atoms. The molecule has 1 atom stereocenters. The molecule has 5 nitrogen and oxygen atoms in total. The van der Waals surface area contributed by atoms with Crippen LogP contribution in [0.2, 0.25) is 0 Å². The first kappa shape index (κ1) is 12.4. The molecule has 2 rings (SSSR count). The molecule has 1 aromatic rings. The fourth-order valence-corrected chi connectivity index (χ4v) is 1.94. The maximum absolute atomic E-state index is 11.4. The molecule has 0 radical (unpaired) electrons. The predicted molar refractivity (Wildman–Crippen MR) is 64.4 cm³/mol. The molecule has 0 aromatic heterocycles. The number of β-lactam (4-membered cyclic amide) rings is 1. The first-order chi connectivity index (χ1) is 8.61. The molecule has 1 saturated heterocycles. The zero-order valence-corrected chi connectivity index (χ0v) is 10.1. The summed E-state index contributed by atoms with van der Waals surface area (Å²) < 4.78 is 5.05. The molecule has 1 unspecified atom stereocenters. The number of amides is 1. The second kappa shape index (κ2) is 5.08. The number of methoxy groups -OCH3 is 1. The third-order valence-corrected chi connectivity index (χ3v) is 3.14. The summed E-state index contributed by atoms with van der Waals surface area (Å²) in [4.78, 5) is 23.6. The molecule has 0 saturated carbocycles. The Balaban J connectivity index is 1.82. The molecule has 1 aromatic carbocycles. The number of likely N-dealkylation sites (tertiary alicyclic amines) is 1. The minimum absolute atomic E-state index is 0.281. The molecular weight excluding hydrogens is 234 g/mol. The average molecular weight is 249 g/mol. The lowest BCUT2D eigenvalue weighted by Gasteiger charge is -2.36. The minimum atomic E-state index is -1.03. The predicted octanol–water partition coefficient (Wildman–Crippen LogP) is 0.781. The van der Waals surface area contributed by atoms with Gasteiger partial charge in [-0.1, -0.05) is 12.1 Å². The molecule has 1 aliphatic rings. The van der Waals surface area contributed by atoms with Gasteiger partial charge in [0.2, 0.25) is 5.91 Å². The number of nitrogens with zero attached hydrogens (tertiary/aromatic N) is 1. The number of ether oxygens (including phenoxy) is 1. The van der Waals surface area contributed by atoms with E-state index in [1.165, 1.54) is 0 Å². The number of hydrogen-bond acceptors (Lipinski definition) is 3. The van der Waals surface area contributed by atoms with E-state index in [0.717, 1.165) is 17.7 Å². The summed E-state index contributed by atoms with van der Waals surface area (Å²) in [7, 11) is 1.61. The van der Waals surface area contributed by atoms with E-state index >= 15 is 0 Å². The van der Waals surface area contributed by atoms with Gasteiger partial charge in [0.05, 0.1) is 7.11 Å². The highest BCUT2D eigenvalue weighted by Gasteiger charge is 2.41. The van der Waals surface area contributed by atoms with E-state index in [9.17, 15) is 9.59 Å². The molecule has 1 N–H and O–H groups in total. The van der Waals surface area contributed by atoms with Crippen molar-refractivity contribution in [2.75, 3.05) is 20.2 Å². The highest BCUT2D eigenvalue weighted by Crippen LogP contribution is 2.19. The lowest BCUT2D eigenvalue weighted by Crippen LogP contribution is -2.56. The van der Waals surface area contributed by atoms with E-state index in [-0.39, 0.29) is 5.91 Å². The van der Waals surface area contributed by atoms with Crippen LogP contribution < -0.4 is 4.74 Å². The third kappa shape index (κ3) is 2.45. The standard InChI is InChI=1S/C13H15NO4/c1-18-10-4-2-9(3-5-10)6-7-14-8-11(12(14)15)13(16)17/h2-5,11H,6-8H2,1H3,(H,16,17). The largest absolute Gasteiger partial charge is 0.497 e. The number of carboxylic acids is 1. The Kier molecular flexibility index (Phi) is 3.50. The Labute approximate surface area is 105 Å². The van der Waals surface area contributed by atoms with E-state index in [1.54, 1.807) is 12.0 Å². The Morgan fingerprint density at radius 3 is 2.61 bits per heavy atom. The molecule has 0 spiro atoms. The fourth-order valence-electron chi connectivity index (χ4n) is 1.94. The van der Waals surface area contributed by atoms with Gasteiger partial charge < -0.3 is 14.7 Å². The van der Waals surface area contributed by atoms with Gasteiger partial charge in [0.25, 0.3) is 0 Å². The highest BCUT2D eigenvalue weighted by atomic mass is 16.5. The lowest BCUT2D eigenvalue weighted by atomic mass is 9.98. The summed E-state index contributed by atoms with van der Waals surface area (Å²) in [5, 5.41) is 8.70. The van der Waals surface area contributed by atoms with Gasteiger partial charge in [-0.25, -0.2) is 0 Å². The van der Waals surface area contributed by atoms with Crippen LogP contribution in [0.5, 0.6) is 5.75 Å². The fraction of sp³-hybridized carbons (Fsp3) is 0.385. The minimum Gasteiger partial charge on any atom is -0.497 e. The average Bonchev–Trinajstić information content (AvgIpc) is 2.37. The normalized spacial score (nSPS) is 18.4. The van der Waals surface area contributed by atoms with Crippen molar-refractivity contribution < 1.29 is 19.4 Å². The number of carboxylic acid groups (broad SMARTS) is 1. The summed E-state index contributed by atoms with van der Waals surface area (Å²) >= 11 is 0. The molecule has 1 aliphatic heterocycles. The molecule has 1 heterocycles. The zero-order valence-electron chi connectivity index (χ0n) is 10.1. The summed E-state index contributed by atoms with van der Waals surface area (Å²) in [6.45, 7) is 0.888. The maximum atomic E-state index is 11.4. The van der Waals surface area contributed by atoms with E-state index in [4.69, 9.17) is 9.84 Å². The van der Waals surface area contributed by atoms with Crippen molar-refractivity contribution in [2.24, 2.45) is 5.92 Å². The van der Waals surface area contributed by atoms with E-state index in [0.29, 0.717) is 13.1 Å². The first-order valence-electron chi connectivity index (χ1n) is 5.76. The van der Waals surface area contributed by atoms with Gasteiger partial charge in [0, 0.05) is 13.1 Å². The van der Waals surface area contributed by atoms with Gasteiger partial charge in [-0.3, -0.25) is 9.59 Å². The van der Waals surface area contributed by atoms with Gasteiger partial charge in [-0.05, 0) is 24.1 Å². The summed E-state index contributed by atoms with van der Waals surface area (Å²) in [5.41, 5.74) is 1.10. The monoisotopic (exact) mass is 249 g/mol. The van der Waals surface area contributed by atoms with Crippen LogP contribution in [-0.4, -0.2) is 42.1 Å². The Morgan fingerprint density at radius 2 is 2.11 bits per heavy atom. The number of benzene rings is 1. The SMILES string of the molecule is COc1ccc(CCN2CC(C(=O)O)C2=O)cc1. The van der Waals surface area contributed by atoms with Gasteiger partial charge in [0.15, 0.2) is 5.92 Å². The topological polar surface area (TPSA) is 66.8 Å². The van der Waals surface area contributed by atoms with Crippen LogP contribution >= 0.6 is 0 Å². The van der Waals surface area contributed by atoms with Crippen molar-refractivity contribution in [3.05, 3.63) is 29.8 Å².